The number of hydrogen-bond donors (Lipinski definition) is 2. The number of hydrogen-bond acceptors (Lipinski definition) is 9. The summed E-state index contributed by atoms with van der Waals surface area (Å²) in [6.07, 6.45) is 19.1. The minimum Gasteiger partial charge on any atom is -0.381 e. The first-order chi connectivity index (χ1) is 17.3. The second kappa shape index (κ2) is 22.0. The summed E-state index contributed by atoms with van der Waals surface area (Å²) in [6.45, 7) is 3.37. The lowest BCUT2D eigenvalue weighted by atomic mass is 10.0. The van der Waals surface area contributed by atoms with Gasteiger partial charge in [-0.25, -0.2) is 0 Å². The number of rotatable bonds is 27. The Labute approximate surface area is 221 Å². The van der Waals surface area contributed by atoms with E-state index in [1.54, 1.807) is 7.05 Å². The van der Waals surface area contributed by atoms with E-state index >= 15 is 0 Å². The van der Waals surface area contributed by atoms with Crippen molar-refractivity contribution in [2.75, 3.05) is 54.7 Å². The normalized spacial score (nSPS) is 15.6. The minimum atomic E-state index is -4.04. The first kappa shape index (κ1) is 36.2. The second-order valence-corrected chi connectivity index (χ2v) is 14.6. The first-order valence-electron chi connectivity index (χ1n) is 13.8. The van der Waals surface area contributed by atoms with Gasteiger partial charge in [-0.15, -0.1) is 0 Å². The molecule has 0 bridgehead atoms. The maximum Gasteiger partial charge on any atom is 0.363 e. The Bertz CT molecular complexity index is 605. The van der Waals surface area contributed by atoms with Gasteiger partial charge < -0.3 is 33.9 Å². The Morgan fingerprint density at radius 2 is 1.06 bits per heavy atom. The van der Waals surface area contributed by atoms with Gasteiger partial charge in [-0.3, -0.25) is 9.13 Å². The fourth-order valence-corrected chi connectivity index (χ4v) is 8.77. The van der Waals surface area contributed by atoms with E-state index in [1.165, 1.54) is 105 Å². The maximum absolute atomic E-state index is 13.4. The molecule has 0 spiro atoms. The Hall–Kier alpha value is 0.180. The van der Waals surface area contributed by atoms with Crippen LogP contribution in [-0.4, -0.2) is 59.8 Å². The van der Waals surface area contributed by atoms with Gasteiger partial charge in [-0.05, 0) is 19.9 Å². The van der Waals surface area contributed by atoms with Crippen LogP contribution < -0.4 is 11.1 Å². The third-order valence-corrected chi connectivity index (χ3v) is 12.1. The van der Waals surface area contributed by atoms with Crippen LogP contribution in [0.4, 0.5) is 0 Å². The third-order valence-electron chi connectivity index (χ3n) is 6.44. The van der Waals surface area contributed by atoms with Gasteiger partial charge in [-0.1, -0.05) is 90.4 Å². The van der Waals surface area contributed by atoms with Gasteiger partial charge in [0.25, 0.3) is 0 Å². The lowest BCUT2D eigenvalue weighted by Crippen LogP contribution is -2.48. The Morgan fingerprint density at radius 3 is 1.47 bits per heavy atom. The van der Waals surface area contributed by atoms with Gasteiger partial charge in [0.2, 0.25) is 5.02 Å². The van der Waals surface area contributed by atoms with E-state index in [9.17, 15) is 9.13 Å². The van der Waals surface area contributed by atoms with Crippen LogP contribution in [-0.2, 0) is 32.0 Å². The van der Waals surface area contributed by atoms with Crippen molar-refractivity contribution in [2.24, 2.45) is 5.73 Å². The number of nitrogens with one attached hydrogen (secondary N) is 1. The quantitative estimate of drug-likeness (QED) is 0.0807. The SMILES string of the molecule is CCCCCCCCCCCCCCCCOCCCOP(=O)(OC)C(N)(CNC)P(=O)(OC)OC. The zero-order valence-corrected chi connectivity index (χ0v) is 25.6. The van der Waals surface area contributed by atoms with E-state index < -0.39 is 20.2 Å². The molecule has 0 saturated heterocycles. The van der Waals surface area contributed by atoms with Gasteiger partial charge in [0.1, 0.15) is 0 Å². The van der Waals surface area contributed by atoms with Crippen molar-refractivity contribution in [1.82, 2.24) is 5.32 Å². The molecule has 218 valence electrons. The molecule has 36 heavy (non-hydrogen) atoms. The highest BCUT2D eigenvalue weighted by Crippen LogP contribution is 2.74. The molecule has 0 aromatic heterocycles. The molecule has 0 fully saturated rings. The highest BCUT2D eigenvalue weighted by molar-refractivity contribution is 7.74. The van der Waals surface area contributed by atoms with E-state index in [-0.39, 0.29) is 13.2 Å². The molecule has 0 rings (SSSR count). The van der Waals surface area contributed by atoms with Crippen molar-refractivity contribution < 1.29 is 32.0 Å². The zero-order valence-electron chi connectivity index (χ0n) is 23.8. The number of unbranched alkanes of at least 4 members (excludes halogenated alkanes) is 13. The third kappa shape index (κ3) is 13.3. The number of nitrogens with two attached hydrogens (primary N) is 1. The van der Waals surface area contributed by atoms with Crippen LogP contribution in [0.5, 0.6) is 0 Å². The summed E-state index contributed by atoms with van der Waals surface area (Å²) < 4.78 is 52.7. The Balaban J connectivity index is 3.90. The van der Waals surface area contributed by atoms with Crippen LogP contribution in [0.1, 0.15) is 103 Å². The Kier molecular flexibility index (Phi) is 22.2. The highest BCUT2D eigenvalue weighted by atomic mass is 31.2. The molecule has 0 saturated carbocycles. The lowest BCUT2D eigenvalue weighted by Gasteiger charge is -2.38. The van der Waals surface area contributed by atoms with E-state index in [1.807, 2.05) is 0 Å². The summed E-state index contributed by atoms with van der Waals surface area (Å²) in [6, 6.07) is 0. The van der Waals surface area contributed by atoms with Crippen molar-refractivity contribution >= 4 is 15.2 Å². The molecule has 0 aliphatic heterocycles. The molecule has 0 aliphatic rings. The first-order valence-corrected chi connectivity index (χ1v) is 16.9. The van der Waals surface area contributed by atoms with Crippen LogP contribution in [0, 0.1) is 0 Å². The summed E-state index contributed by atoms with van der Waals surface area (Å²) in [7, 11) is -2.85. The van der Waals surface area contributed by atoms with Crippen LogP contribution in [0.15, 0.2) is 0 Å². The summed E-state index contributed by atoms with van der Waals surface area (Å²) in [4.78, 5) is 0. The van der Waals surface area contributed by atoms with Gasteiger partial charge in [0, 0.05) is 41.1 Å². The molecule has 0 aliphatic carbocycles. The molecular weight excluding hydrogens is 502 g/mol. The summed E-state index contributed by atoms with van der Waals surface area (Å²) in [5, 5.41) is 0.786. The minimum absolute atomic E-state index is 0.0833. The fourth-order valence-electron chi connectivity index (χ4n) is 4.16. The predicted molar refractivity (Wildman–Crippen MR) is 149 cm³/mol. The van der Waals surface area contributed by atoms with E-state index in [4.69, 9.17) is 28.6 Å². The van der Waals surface area contributed by atoms with Crippen molar-refractivity contribution in [3.05, 3.63) is 0 Å². The molecule has 11 heteroatoms. The largest absolute Gasteiger partial charge is 0.381 e. The standard InChI is InChI=1S/C25H56N2O7P2/c1-6-7-8-9-10-11-12-13-14-15-16-17-18-19-21-33-22-20-23-34-36(29,32-5)25(26,24-27-2)35(28,30-3)31-4/h27H,6-24,26H2,1-5H3. The maximum atomic E-state index is 13.4. The second-order valence-electron chi connectivity index (χ2n) is 9.35. The van der Waals surface area contributed by atoms with Crippen LogP contribution in [0.25, 0.3) is 0 Å². The van der Waals surface area contributed by atoms with E-state index in [0.717, 1.165) is 6.42 Å². The molecular formula is C25H56N2O7P2. The molecule has 3 N–H and O–H groups in total. The van der Waals surface area contributed by atoms with Gasteiger partial charge in [0.05, 0.1) is 6.61 Å². The predicted octanol–water partition coefficient (Wildman–Crippen LogP) is 7.05. The fraction of sp³-hybridized carbons (Fsp3) is 1.00. The molecule has 0 aromatic carbocycles. The monoisotopic (exact) mass is 558 g/mol. The molecule has 9 nitrogen and oxygen atoms in total. The summed E-state index contributed by atoms with van der Waals surface area (Å²) >= 11 is 0. The number of ether oxygens (including phenoxy) is 1. The van der Waals surface area contributed by atoms with Gasteiger partial charge in [0.15, 0.2) is 0 Å². The summed E-state index contributed by atoms with van der Waals surface area (Å²) in [5.74, 6) is 0. The molecule has 0 radical (unpaired) electrons. The molecule has 0 heterocycles. The topological polar surface area (TPSA) is 118 Å². The van der Waals surface area contributed by atoms with Crippen LogP contribution >= 0.6 is 15.2 Å². The van der Waals surface area contributed by atoms with Crippen LogP contribution in [0.3, 0.4) is 0 Å². The molecule has 2 atom stereocenters. The average Bonchev–Trinajstić information content (AvgIpc) is 2.89. The molecule has 2 unspecified atom stereocenters. The Morgan fingerprint density at radius 1 is 0.639 bits per heavy atom. The van der Waals surface area contributed by atoms with E-state index in [0.29, 0.717) is 19.6 Å². The van der Waals surface area contributed by atoms with Gasteiger partial charge >= 0.3 is 15.2 Å². The van der Waals surface area contributed by atoms with Gasteiger partial charge in [-0.2, -0.15) is 0 Å². The average molecular weight is 559 g/mol. The smallest absolute Gasteiger partial charge is 0.363 e. The van der Waals surface area contributed by atoms with Crippen LogP contribution in [0.2, 0.25) is 0 Å². The van der Waals surface area contributed by atoms with Crippen molar-refractivity contribution in [2.45, 2.75) is 108 Å². The molecule has 0 amide bonds. The van der Waals surface area contributed by atoms with Crippen molar-refractivity contribution in [3.8, 4) is 0 Å². The highest BCUT2D eigenvalue weighted by Gasteiger charge is 2.62. The van der Waals surface area contributed by atoms with E-state index in [2.05, 4.69) is 12.2 Å². The lowest BCUT2D eigenvalue weighted by molar-refractivity contribution is 0.111. The zero-order chi connectivity index (χ0) is 27.2. The van der Waals surface area contributed by atoms with Crippen molar-refractivity contribution in [3.63, 3.8) is 0 Å². The summed E-state index contributed by atoms with van der Waals surface area (Å²) in [5.41, 5.74) is 6.26. The van der Waals surface area contributed by atoms with Crippen molar-refractivity contribution in [1.29, 1.82) is 0 Å². The number of likely N-dealkylation sites (N-methyl/N-ethyl adjacent to an activating group) is 1. The molecule has 0 aromatic rings.